The molecule has 2 N–H and O–H groups in total. The minimum absolute atomic E-state index is 0.161. The van der Waals surface area contributed by atoms with Gasteiger partial charge >= 0.3 is 0 Å². The first kappa shape index (κ1) is 18.0. The van der Waals surface area contributed by atoms with Crippen molar-refractivity contribution < 1.29 is 9.53 Å². The maximum atomic E-state index is 12.3. The molecule has 0 saturated carbocycles. The number of carbonyl (C=O) groups excluding carboxylic acids is 1. The highest BCUT2D eigenvalue weighted by molar-refractivity contribution is 6.33. The van der Waals surface area contributed by atoms with Crippen molar-refractivity contribution in [2.75, 3.05) is 17.7 Å². The summed E-state index contributed by atoms with van der Waals surface area (Å²) in [7, 11) is 1.56. The van der Waals surface area contributed by atoms with Gasteiger partial charge in [-0.3, -0.25) is 4.79 Å². The summed E-state index contributed by atoms with van der Waals surface area (Å²) in [5.74, 6) is 0.647. The van der Waals surface area contributed by atoms with Crippen molar-refractivity contribution in [3.05, 3.63) is 70.3 Å². The summed E-state index contributed by atoms with van der Waals surface area (Å²) in [5.41, 5.74) is 1.31. The van der Waals surface area contributed by atoms with E-state index in [0.717, 1.165) is 0 Å². The van der Waals surface area contributed by atoms with E-state index in [-0.39, 0.29) is 5.69 Å². The molecule has 0 saturated heterocycles. The first-order valence-corrected chi connectivity index (χ1v) is 8.32. The molecule has 0 unspecified atom stereocenters. The number of methoxy groups -OCH3 is 1. The second-order valence-corrected chi connectivity index (χ2v) is 6.05. The number of ether oxygens (including phenoxy) is 1. The second-order valence-electron chi connectivity index (χ2n) is 5.21. The molecule has 0 aliphatic heterocycles. The van der Waals surface area contributed by atoms with Crippen molar-refractivity contribution >= 4 is 46.3 Å². The average Bonchev–Trinajstić information content (AvgIpc) is 2.64. The van der Waals surface area contributed by atoms with E-state index in [0.29, 0.717) is 33.0 Å². The molecular formula is C18H14Cl2N4O2. The number of aromatic nitrogens is 2. The number of nitrogens with one attached hydrogen (secondary N) is 2. The van der Waals surface area contributed by atoms with Gasteiger partial charge in [0.25, 0.3) is 5.91 Å². The van der Waals surface area contributed by atoms with E-state index in [1.807, 2.05) is 0 Å². The molecule has 132 valence electrons. The summed E-state index contributed by atoms with van der Waals surface area (Å²) in [4.78, 5) is 12.3. The Kier molecular flexibility index (Phi) is 5.55. The molecule has 1 aromatic heterocycles. The monoisotopic (exact) mass is 388 g/mol. The Balaban J connectivity index is 1.73. The number of benzene rings is 2. The smallest absolute Gasteiger partial charge is 0.276 e. The number of halogens is 2. The lowest BCUT2D eigenvalue weighted by atomic mass is 10.2. The quantitative estimate of drug-likeness (QED) is 0.656. The maximum Gasteiger partial charge on any atom is 0.276 e. The number of para-hydroxylation sites is 1. The van der Waals surface area contributed by atoms with Gasteiger partial charge in [0, 0.05) is 5.02 Å². The Morgan fingerprint density at radius 3 is 2.50 bits per heavy atom. The van der Waals surface area contributed by atoms with Crippen LogP contribution in [0.4, 0.5) is 17.2 Å². The topological polar surface area (TPSA) is 76.1 Å². The van der Waals surface area contributed by atoms with Gasteiger partial charge in [0.15, 0.2) is 11.5 Å². The molecule has 0 aliphatic rings. The lowest BCUT2D eigenvalue weighted by Crippen LogP contribution is -2.14. The Bertz CT molecular complexity index is 933. The number of hydrogen-bond donors (Lipinski definition) is 2. The highest BCUT2D eigenvalue weighted by Crippen LogP contribution is 2.29. The average molecular weight is 389 g/mol. The van der Waals surface area contributed by atoms with Gasteiger partial charge in [0.05, 0.1) is 23.5 Å². The number of carbonyl (C=O) groups is 1. The molecule has 0 aliphatic carbocycles. The van der Waals surface area contributed by atoms with Gasteiger partial charge < -0.3 is 15.4 Å². The van der Waals surface area contributed by atoms with Gasteiger partial charge in [-0.05, 0) is 42.5 Å². The highest BCUT2D eigenvalue weighted by atomic mass is 35.5. The fourth-order valence-corrected chi connectivity index (χ4v) is 2.54. The summed E-state index contributed by atoms with van der Waals surface area (Å²) in [6.45, 7) is 0. The van der Waals surface area contributed by atoms with E-state index in [1.54, 1.807) is 61.7 Å². The third-order valence-corrected chi connectivity index (χ3v) is 4.01. The van der Waals surface area contributed by atoms with E-state index in [2.05, 4.69) is 20.8 Å². The molecule has 0 fully saturated rings. The fraction of sp³-hybridized carbons (Fsp3) is 0.0556. The first-order valence-electron chi connectivity index (χ1n) is 7.57. The zero-order valence-electron chi connectivity index (χ0n) is 13.7. The van der Waals surface area contributed by atoms with Crippen LogP contribution in [0, 0.1) is 0 Å². The SMILES string of the molecule is COc1ccc(Cl)cc1Nc1ccc(C(=O)Nc2ccccc2Cl)nn1. The van der Waals surface area contributed by atoms with Crippen molar-refractivity contribution in [2.45, 2.75) is 0 Å². The molecule has 0 spiro atoms. The standard InChI is InChI=1S/C18H14Cl2N4O2/c1-26-16-8-6-11(19)10-15(16)21-17-9-7-14(23-24-17)18(25)22-13-5-3-2-4-12(13)20/h2-10H,1H3,(H,21,24)(H,22,25). The predicted molar refractivity (Wildman–Crippen MR) is 103 cm³/mol. The van der Waals surface area contributed by atoms with Crippen LogP contribution in [-0.2, 0) is 0 Å². The molecule has 3 rings (SSSR count). The molecule has 2 aromatic carbocycles. The molecule has 6 nitrogen and oxygen atoms in total. The fourth-order valence-electron chi connectivity index (χ4n) is 2.18. The van der Waals surface area contributed by atoms with Crippen LogP contribution >= 0.6 is 23.2 Å². The molecule has 8 heteroatoms. The third-order valence-electron chi connectivity index (χ3n) is 3.44. The maximum absolute atomic E-state index is 12.3. The van der Waals surface area contributed by atoms with Gasteiger partial charge in [-0.25, -0.2) is 0 Å². The van der Waals surface area contributed by atoms with Gasteiger partial charge in [-0.2, -0.15) is 0 Å². The summed E-state index contributed by atoms with van der Waals surface area (Å²) >= 11 is 12.0. The van der Waals surface area contributed by atoms with Gasteiger partial charge in [0.2, 0.25) is 0 Å². The van der Waals surface area contributed by atoms with E-state index >= 15 is 0 Å². The van der Waals surface area contributed by atoms with Crippen molar-refractivity contribution in [3.63, 3.8) is 0 Å². The largest absolute Gasteiger partial charge is 0.495 e. The van der Waals surface area contributed by atoms with Crippen molar-refractivity contribution in [1.29, 1.82) is 0 Å². The van der Waals surface area contributed by atoms with Crippen molar-refractivity contribution in [2.24, 2.45) is 0 Å². The first-order chi connectivity index (χ1) is 12.6. The summed E-state index contributed by atoms with van der Waals surface area (Å²) in [6.07, 6.45) is 0. The van der Waals surface area contributed by atoms with Crippen LogP contribution < -0.4 is 15.4 Å². The van der Waals surface area contributed by atoms with E-state index in [9.17, 15) is 4.79 Å². The predicted octanol–water partition coefficient (Wildman–Crippen LogP) is 4.79. The van der Waals surface area contributed by atoms with E-state index in [4.69, 9.17) is 27.9 Å². The molecule has 3 aromatic rings. The number of rotatable bonds is 5. The normalized spacial score (nSPS) is 10.3. The van der Waals surface area contributed by atoms with Crippen LogP contribution in [-0.4, -0.2) is 23.2 Å². The summed E-state index contributed by atoms with van der Waals surface area (Å²) in [5, 5.41) is 14.7. The highest BCUT2D eigenvalue weighted by Gasteiger charge is 2.11. The van der Waals surface area contributed by atoms with Crippen molar-refractivity contribution in [3.8, 4) is 5.75 Å². The molecular weight excluding hydrogens is 375 g/mol. The zero-order chi connectivity index (χ0) is 18.5. The molecule has 26 heavy (non-hydrogen) atoms. The van der Waals surface area contributed by atoms with Crippen LogP contribution in [0.15, 0.2) is 54.6 Å². The van der Waals surface area contributed by atoms with Gasteiger partial charge in [0.1, 0.15) is 5.75 Å². The van der Waals surface area contributed by atoms with Crippen molar-refractivity contribution in [1.82, 2.24) is 10.2 Å². The molecule has 0 bridgehead atoms. The van der Waals surface area contributed by atoms with Crippen LogP contribution in [0.5, 0.6) is 5.75 Å². The lowest BCUT2D eigenvalue weighted by Gasteiger charge is -2.11. The van der Waals surface area contributed by atoms with E-state index < -0.39 is 5.91 Å². The lowest BCUT2D eigenvalue weighted by molar-refractivity contribution is 0.102. The van der Waals surface area contributed by atoms with E-state index in [1.165, 1.54) is 0 Å². The Labute approximate surface area is 160 Å². The molecule has 0 atom stereocenters. The van der Waals surface area contributed by atoms with Crippen LogP contribution in [0.2, 0.25) is 10.0 Å². The Hall–Kier alpha value is -2.83. The van der Waals surface area contributed by atoms with Gasteiger partial charge in [-0.1, -0.05) is 35.3 Å². The number of amides is 1. The van der Waals surface area contributed by atoms with Crippen LogP contribution in [0.25, 0.3) is 0 Å². The number of hydrogen-bond acceptors (Lipinski definition) is 5. The zero-order valence-corrected chi connectivity index (χ0v) is 15.2. The molecule has 1 amide bonds. The number of nitrogens with zero attached hydrogens (tertiary/aromatic N) is 2. The number of anilines is 3. The molecule has 0 radical (unpaired) electrons. The van der Waals surface area contributed by atoms with Crippen LogP contribution in [0.1, 0.15) is 10.5 Å². The Morgan fingerprint density at radius 1 is 1.00 bits per heavy atom. The minimum atomic E-state index is -0.405. The summed E-state index contributed by atoms with van der Waals surface area (Å²) in [6, 6.07) is 15.3. The minimum Gasteiger partial charge on any atom is -0.495 e. The molecule has 1 heterocycles. The Morgan fingerprint density at radius 2 is 1.81 bits per heavy atom. The second kappa shape index (κ2) is 8.03. The summed E-state index contributed by atoms with van der Waals surface area (Å²) < 4.78 is 5.27. The third kappa shape index (κ3) is 4.22. The van der Waals surface area contributed by atoms with Crippen LogP contribution in [0.3, 0.4) is 0 Å². The van der Waals surface area contributed by atoms with Gasteiger partial charge in [-0.15, -0.1) is 10.2 Å².